The Morgan fingerprint density at radius 1 is 1.14 bits per heavy atom. The number of benzene rings is 1. The van der Waals surface area contributed by atoms with Gasteiger partial charge in [0.2, 0.25) is 0 Å². The fourth-order valence-corrected chi connectivity index (χ4v) is 1.60. The molecule has 70 valence electrons. The summed E-state index contributed by atoms with van der Waals surface area (Å²) in [5.74, 6) is 0. The van der Waals surface area contributed by atoms with Crippen LogP contribution >= 0.6 is 28.1 Å². The van der Waals surface area contributed by atoms with E-state index in [4.69, 9.17) is 12.2 Å². The average Bonchev–Trinajstić information content (AvgIpc) is 2.19. The fourth-order valence-electron chi connectivity index (χ4n) is 1.17. The predicted octanol–water partition coefficient (Wildman–Crippen LogP) is 3.57. The van der Waals surface area contributed by atoms with Gasteiger partial charge in [0.25, 0.3) is 0 Å². The number of H-pyrrole nitrogens is 1. The van der Waals surface area contributed by atoms with Crippen molar-refractivity contribution in [3.8, 4) is 11.3 Å². The molecule has 4 heteroatoms. The maximum Gasteiger partial charge on any atom is 0.197 e. The van der Waals surface area contributed by atoms with E-state index in [9.17, 15) is 0 Å². The highest BCUT2D eigenvalue weighted by molar-refractivity contribution is 9.10. The highest BCUT2D eigenvalue weighted by Gasteiger charge is 1.96. The van der Waals surface area contributed by atoms with Gasteiger partial charge in [-0.15, -0.1) is 0 Å². The number of nitrogens with zero attached hydrogens (tertiary/aromatic N) is 1. The molecule has 1 heterocycles. The van der Waals surface area contributed by atoms with Crippen LogP contribution in [0, 0.1) is 4.77 Å². The summed E-state index contributed by atoms with van der Waals surface area (Å²) in [6.45, 7) is 0. The molecule has 0 unspecified atom stereocenters. The monoisotopic (exact) mass is 266 g/mol. The molecule has 1 aromatic carbocycles. The van der Waals surface area contributed by atoms with E-state index < -0.39 is 0 Å². The Kier molecular flexibility index (Phi) is 2.74. The highest BCUT2D eigenvalue weighted by Crippen LogP contribution is 2.18. The molecule has 1 N–H and O–H groups in total. The number of nitrogens with one attached hydrogen (secondary N) is 1. The summed E-state index contributed by atoms with van der Waals surface area (Å²) in [4.78, 5) is 6.96. The van der Waals surface area contributed by atoms with Crippen molar-refractivity contribution in [3.63, 3.8) is 0 Å². The zero-order valence-electron chi connectivity index (χ0n) is 7.20. The smallest absolute Gasteiger partial charge is 0.197 e. The minimum Gasteiger partial charge on any atom is -0.330 e. The third kappa shape index (κ3) is 2.08. The third-order valence-corrected chi connectivity index (χ3v) is 2.57. The lowest BCUT2D eigenvalue weighted by molar-refractivity contribution is 1.14. The third-order valence-electron chi connectivity index (χ3n) is 1.83. The van der Waals surface area contributed by atoms with Crippen LogP contribution in [0.1, 0.15) is 0 Å². The van der Waals surface area contributed by atoms with Gasteiger partial charge in [0.15, 0.2) is 4.77 Å². The fraction of sp³-hybridized carbons (Fsp3) is 0. The number of aromatic amines is 1. The van der Waals surface area contributed by atoms with Crippen LogP contribution in [-0.4, -0.2) is 9.97 Å². The van der Waals surface area contributed by atoms with Gasteiger partial charge < -0.3 is 4.98 Å². The van der Waals surface area contributed by atoms with Crippen molar-refractivity contribution in [1.29, 1.82) is 0 Å². The standard InChI is InChI=1S/C10H7BrN2S/c11-8-3-1-7(2-4-8)9-5-6-12-10(14)13-9/h1-6H,(H,12,13,14). The molecule has 0 saturated carbocycles. The molecule has 0 amide bonds. The summed E-state index contributed by atoms with van der Waals surface area (Å²) in [6, 6.07) is 9.92. The van der Waals surface area contributed by atoms with E-state index >= 15 is 0 Å². The second kappa shape index (κ2) is 4.02. The number of hydrogen-bond donors (Lipinski definition) is 1. The molecule has 2 aromatic rings. The Labute approximate surface area is 95.2 Å². The van der Waals surface area contributed by atoms with Crippen molar-refractivity contribution >= 4 is 28.1 Å². The first-order valence-electron chi connectivity index (χ1n) is 4.07. The summed E-state index contributed by atoms with van der Waals surface area (Å²) in [7, 11) is 0. The van der Waals surface area contributed by atoms with Crippen molar-refractivity contribution in [2.45, 2.75) is 0 Å². The van der Waals surface area contributed by atoms with Crippen LogP contribution in [0.5, 0.6) is 0 Å². The topological polar surface area (TPSA) is 28.7 Å². The lowest BCUT2D eigenvalue weighted by Gasteiger charge is -2.00. The van der Waals surface area contributed by atoms with Gasteiger partial charge in [-0.05, 0) is 36.0 Å². The Balaban J connectivity index is 2.50. The molecule has 0 atom stereocenters. The van der Waals surface area contributed by atoms with E-state index in [0.717, 1.165) is 15.7 Å². The quantitative estimate of drug-likeness (QED) is 0.800. The second-order valence-corrected chi connectivity index (χ2v) is 4.10. The van der Waals surface area contributed by atoms with Crippen molar-refractivity contribution in [1.82, 2.24) is 9.97 Å². The molecule has 2 nitrogen and oxygen atoms in total. The maximum atomic E-state index is 4.95. The highest BCUT2D eigenvalue weighted by atomic mass is 79.9. The first-order chi connectivity index (χ1) is 6.75. The van der Waals surface area contributed by atoms with E-state index in [1.54, 1.807) is 6.20 Å². The van der Waals surface area contributed by atoms with Crippen LogP contribution in [0.15, 0.2) is 41.0 Å². The van der Waals surface area contributed by atoms with Crippen molar-refractivity contribution in [3.05, 3.63) is 45.8 Å². The van der Waals surface area contributed by atoms with E-state index in [0.29, 0.717) is 4.77 Å². The second-order valence-electron chi connectivity index (χ2n) is 2.80. The number of halogens is 1. The first kappa shape index (κ1) is 9.55. The van der Waals surface area contributed by atoms with Gasteiger partial charge in [0, 0.05) is 16.4 Å². The molecule has 0 spiro atoms. The zero-order valence-corrected chi connectivity index (χ0v) is 9.60. The van der Waals surface area contributed by atoms with Gasteiger partial charge in [0.1, 0.15) is 0 Å². The lowest BCUT2D eigenvalue weighted by Crippen LogP contribution is -1.85. The van der Waals surface area contributed by atoms with E-state index in [1.165, 1.54) is 0 Å². The Morgan fingerprint density at radius 2 is 1.86 bits per heavy atom. The molecule has 0 aliphatic carbocycles. The minimum atomic E-state index is 0.505. The summed E-state index contributed by atoms with van der Waals surface area (Å²) in [5, 5.41) is 0. The molecule has 0 radical (unpaired) electrons. The Morgan fingerprint density at radius 3 is 2.50 bits per heavy atom. The molecule has 0 bridgehead atoms. The summed E-state index contributed by atoms with van der Waals surface area (Å²) < 4.78 is 1.57. The van der Waals surface area contributed by atoms with Gasteiger partial charge >= 0.3 is 0 Å². The van der Waals surface area contributed by atoms with E-state index in [2.05, 4.69) is 25.9 Å². The summed E-state index contributed by atoms with van der Waals surface area (Å²) >= 11 is 8.34. The normalized spacial score (nSPS) is 10.1. The van der Waals surface area contributed by atoms with Crippen molar-refractivity contribution in [2.75, 3.05) is 0 Å². The SMILES string of the molecule is S=c1nccc(-c2ccc(Br)cc2)[nH]1. The minimum absolute atomic E-state index is 0.505. The first-order valence-corrected chi connectivity index (χ1v) is 5.27. The van der Waals surface area contributed by atoms with Crippen molar-refractivity contribution in [2.24, 2.45) is 0 Å². The van der Waals surface area contributed by atoms with Crippen LogP contribution in [0.25, 0.3) is 11.3 Å². The number of hydrogen-bond acceptors (Lipinski definition) is 2. The zero-order chi connectivity index (χ0) is 9.97. The van der Waals surface area contributed by atoms with Crippen LogP contribution in [-0.2, 0) is 0 Å². The van der Waals surface area contributed by atoms with Gasteiger partial charge in [-0.3, -0.25) is 0 Å². The molecular formula is C10H7BrN2S. The van der Waals surface area contributed by atoms with Gasteiger partial charge in [-0.1, -0.05) is 28.1 Å². The lowest BCUT2D eigenvalue weighted by atomic mass is 10.1. The molecule has 0 saturated heterocycles. The molecule has 1 aromatic heterocycles. The molecule has 2 rings (SSSR count). The molecular weight excluding hydrogens is 260 g/mol. The molecule has 0 aliphatic heterocycles. The largest absolute Gasteiger partial charge is 0.330 e. The summed E-state index contributed by atoms with van der Waals surface area (Å²) in [5.41, 5.74) is 2.08. The number of aromatic nitrogens is 2. The van der Waals surface area contributed by atoms with Gasteiger partial charge in [0.05, 0.1) is 0 Å². The molecule has 14 heavy (non-hydrogen) atoms. The van der Waals surface area contributed by atoms with Gasteiger partial charge in [-0.25, -0.2) is 4.98 Å². The van der Waals surface area contributed by atoms with E-state index in [-0.39, 0.29) is 0 Å². The van der Waals surface area contributed by atoms with Gasteiger partial charge in [-0.2, -0.15) is 0 Å². The Hall–Kier alpha value is -1.00. The van der Waals surface area contributed by atoms with Crippen LogP contribution in [0.4, 0.5) is 0 Å². The van der Waals surface area contributed by atoms with E-state index in [1.807, 2.05) is 30.3 Å². The van der Waals surface area contributed by atoms with Crippen molar-refractivity contribution < 1.29 is 0 Å². The average molecular weight is 267 g/mol. The maximum absolute atomic E-state index is 4.95. The molecule has 0 fully saturated rings. The Bertz CT molecular complexity index is 490. The summed E-state index contributed by atoms with van der Waals surface area (Å²) in [6.07, 6.45) is 1.70. The van der Waals surface area contributed by atoms with Crippen LogP contribution in [0.2, 0.25) is 0 Å². The van der Waals surface area contributed by atoms with Crippen LogP contribution < -0.4 is 0 Å². The molecule has 0 aliphatic rings. The predicted molar refractivity (Wildman–Crippen MR) is 62.6 cm³/mol. The number of rotatable bonds is 1. The van der Waals surface area contributed by atoms with Crippen LogP contribution in [0.3, 0.4) is 0 Å².